The van der Waals surface area contributed by atoms with Gasteiger partial charge in [-0.2, -0.15) is 0 Å². The highest BCUT2D eigenvalue weighted by Gasteiger charge is 2.32. The number of carbonyl (C=O) groups is 1. The smallest absolute Gasteiger partial charge is 0.236 e. The minimum Gasteiger partial charge on any atom is -0.341 e. The van der Waals surface area contributed by atoms with Crippen LogP contribution in [0.15, 0.2) is 41.8 Å². The highest BCUT2D eigenvalue weighted by molar-refractivity contribution is 7.18. The Morgan fingerprint density at radius 2 is 2.00 bits per heavy atom. The first kappa shape index (κ1) is 18.3. The Kier molecular flexibility index (Phi) is 5.18. The maximum Gasteiger partial charge on any atom is 0.236 e. The minimum atomic E-state index is 0.286. The van der Waals surface area contributed by atoms with Gasteiger partial charge in [-0.1, -0.05) is 18.2 Å². The SMILES string of the molecule is O=C(CN1CCC[C@@H]1c1cccs1)N1CCC[C@H](c2nc3ccccc3s2)C1. The van der Waals surface area contributed by atoms with Crippen molar-refractivity contribution in [1.82, 2.24) is 14.8 Å². The van der Waals surface area contributed by atoms with Gasteiger partial charge in [0.05, 0.1) is 21.8 Å². The van der Waals surface area contributed by atoms with Crippen molar-refractivity contribution in [1.29, 1.82) is 0 Å². The summed E-state index contributed by atoms with van der Waals surface area (Å²) in [5, 5.41) is 3.33. The molecule has 0 bridgehead atoms. The fourth-order valence-corrected chi connectivity index (χ4v) is 6.55. The van der Waals surface area contributed by atoms with E-state index in [4.69, 9.17) is 4.98 Å². The lowest BCUT2D eigenvalue weighted by molar-refractivity contribution is -0.133. The number of benzene rings is 1. The number of hydrogen-bond acceptors (Lipinski definition) is 5. The van der Waals surface area contributed by atoms with Gasteiger partial charge in [0, 0.05) is 29.9 Å². The monoisotopic (exact) mass is 411 g/mol. The maximum absolute atomic E-state index is 13.1. The van der Waals surface area contributed by atoms with Gasteiger partial charge < -0.3 is 4.90 Å². The van der Waals surface area contributed by atoms with E-state index < -0.39 is 0 Å². The number of hydrogen-bond donors (Lipinski definition) is 0. The number of aromatic nitrogens is 1. The zero-order valence-electron chi connectivity index (χ0n) is 15.9. The molecule has 2 saturated heterocycles. The Labute approximate surface area is 173 Å². The summed E-state index contributed by atoms with van der Waals surface area (Å²) >= 11 is 3.60. The van der Waals surface area contributed by atoms with Crippen LogP contribution in [-0.2, 0) is 4.79 Å². The number of likely N-dealkylation sites (tertiary alicyclic amines) is 2. The van der Waals surface area contributed by atoms with Gasteiger partial charge in [0.1, 0.15) is 0 Å². The van der Waals surface area contributed by atoms with E-state index in [0.717, 1.165) is 38.0 Å². The van der Waals surface area contributed by atoms with E-state index in [0.29, 0.717) is 18.5 Å². The molecule has 0 saturated carbocycles. The molecule has 0 spiro atoms. The fourth-order valence-electron chi connectivity index (χ4n) is 4.56. The van der Waals surface area contributed by atoms with Crippen molar-refractivity contribution in [2.24, 2.45) is 0 Å². The van der Waals surface area contributed by atoms with Crippen LogP contribution in [0.5, 0.6) is 0 Å². The summed E-state index contributed by atoms with van der Waals surface area (Å²) in [6.07, 6.45) is 4.55. The van der Waals surface area contributed by atoms with Gasteiger partial charge in [-0.15, -0.1) is 22.7 Å². The molecule has 4 nitrogen and oxygen atoms in total. The van der Waals surface area contributed by atoms with Gasteiger partial charge in [0.25, 0.3) is 0 Å². The van der Waals surface area contributed by atoms with E-state index in [1.54, 1.807) is 11.3 Å². The predicted molar refractivity (Wildman–Crippen MR) is 116 cm³/mol. The normalized spacial score (nSPS) is 23.5. The van der Waals surface area contributed by atoms with E-state index in [9.17, 15) is 4.79 Å². The first-order valence-corrected chi connectivity index (χ1v) is 11.9. The number of carbonyl (C=O) groups excluding carboxylic acids is 1. The molecule has 5 rings (SSSR count). The minimum absolute atomic E-state index is 0.286. The third kappa shape index (κ3) is 3.61. The highest BCUT2D eigenvalue weighted by Crippen LogP contribution is 2.35. The molecular weight excluding hydrogens is 386 g/mol. The van der Waals surface area contributed by atoms with Crippen molar-refractivity contribution in [3.05, 3.63) is 51.7 Å². The number of fused-ring (bicyclic) bond motifs is 1. The molecule has 0 N–H and O–H groups in total. The van der Waals surface area contributed by atoms with E-state index in [1.165, 1.54) is 27.4 Å². The van der Waals surface area contributed by atoms with Crippen LogP contribution in [0.25, 0.3) is 10.2 Å². The quantitative estimate of drug-likeness (QED) is 0.613. The van der Waals surface area contributed by atoms with E-state index in [2.05, 4.69) is 45.5 Å². The fraction of sp³-hybridized carbons (Fsp3) is 0.455. The van der Waals surface area contributed by atoms with Crippen LogP contribution in [0.3, 0.4) is 0 Å². The van der Waals surface area contributed by atoms with Gasteiger partial charge in [-0.3, -0.25) is 9.69 Å². The Hall–Kier alpha value is -1.76. The average molecular weight is 412 g/mol. The molecular formula is C22H25N3OS2. The molecule has 6 heteroatoms. The van der Waals surface area contributed by atoms with E-state index >= 15 is 0 Å². The standard InChI is InChI=1S/C22H25N3OS2/c26-21(15-24-11-4-8-18(24)20-10-5-13-27-20)25-12-3-6-16(14-25)22-23-17-7-1-2-9-19(17)28-22/h1-2,5,7,9-10,13,16,18H,3-4,6,8,11-12,14-15H2/t16-,18+/m0/s1. The van der Waals surface area contributed by atoms with E-state index in [1.807, 2.05) is 17.4 Å². The molecule has 146 valence electrons. The molecule has 2 aliphatic heterocycles. The number of para-hydroxylation sites is 1. The molecule has 4 heterocycles. The molecule has 0 aliphatic carbocycles. The number of piperidine rings is 1. The van der Waals surface area contributed by atoms with Crippen LogP contribution in [0, 0.1) is 0 Å². The summed E-state index contributed by atoms with van der Waals surface area (Å²) in [5.74, 6) is 0.663. The van der Waals surface area contributed by atoms with Gasteiger partial charge in [-0.05, 0) is 55.8 Å². The van der Waals surface area contributed by atoms with Crippen molar-refractivity contribution < 1.29 is 4.79 Å². The molecule has 2 fully saturated rings. The second kappa shape index (κ2) is 7.93. The molecule has 28 heavy (non-hydrogen) atoms. The Balaban J connectivity index is 1.26. The Morgan fingerprint density at radius 1 is 1.11 bits per heavy atom. The maximum atomic E-state index is 13.1. The highest BCUT2D eigenvalue weighted by atomic mass is 32.1. The molecule has 3 aromatic rings. The molecule has 2 atom stereocenters. The first-order chi connectivity index (χ1) is 13.8. The molecule has 1 amide bonds. The van der Waals surface area contributed by atoms with Crippen LogP contribution < -0.4 is 0 Å². The molecule has 0 radical (unpaired) electrons. The summed E-state index contributed by atoms with van der Waals surface area (Å²) in [4.78, 5) is 23.8. The summed E-state index contributed by atoms with van der Waals surface area (Å²) in [6, 6.07) is 13.1. The topological polar surface area (TPSA) is 36.4 Å². The van der Waals surface area contributed by atoms with Gasteiger partial charge in [0.2, 0.25) is 5.91 Å². The third-order valence-electron chi connectivity index (χ3n) is 6.01. The summed E-state index contributed by atoms with van der Waals surface area (Å²) in [5.41, 5.74) is 1.09. The Bertz CT molecular complexity index is 919. The van der Waals surface area contributed by atoms with Crippen LogP contribution in [0.2, 0.25) is 0 Å². The van der Waals surface area contributed by atoms with E-state index in [-0.39, 0.29) is 5.91 Å². The summed E-state index contributed by atoms with van der Waals surface area (Å²) in [7, 11) is 0. The number of rotatable bonds is 4. The van der Waals surface area contributed by atoms with Gasteiger partial charge >= 0.3 is 0 Å². The van der Waals surface area contributed by atoms with Gasteiger partial charge in [-0.25, -0.2) is 4.98 Å². The molecule has 2 aliphatic rings. The molecule has 2 aromatic heterocycles. The lowest BCUT2D eigenvalue weighted by Crippen LogP contribution is -2.44. The number of thiazole rings is 1. The lowest BCUT2D eigenvalue weighted by Gasteiger charge is -2.34. The van der Waals surface area contributed by atoms with Gasteiger partial charge in [0.15, 0.2) is 0 Å². The van der Waals surface area contributed by atoms with Crippen LogP contribution in [0.4, 0.5) is 0 Å². The van der Waals surface area contributed by atoms with Crippen molar-refractivity contribution >= 4 is 38.8 Å². The van der Waals surface area contributed by atoms with Crippen LogP contribution in [-0.4, -0.2) is 46.9 Å². The summed E-state index contributed by atoms with van der Waals surface area (Å²) < 4.78 is 1.25. The zero-order chi connectivity index (χ0) is 18.9. The van der Waals surface area contributed by atoms with Crippen molar-refractivity contribution in [2.75, 3.05) is 26.2 Å². The van der Waals surface area contributed by atoms with Crippen molar-refractivity contribution in [3.63, 3.8) is 0 Å². The average Bonchev–Trinajstić information content (AvgIpc) is 3.47. The van der Waals surface area contributed by atoms with Crippen LogP contribution in [0.1, 0.15) is 47.5 Å². The Morgan fingerprint density at radius 3 is 2.86 bits per heavy atom. The van der Waals surface area contributed by atoms with Crippen LogP contribution >= 0.6 is 22.7 Å². The first-order valence-electron chi connectivity index (χ1n) is 10.2. The van der Waals surface area contributed by atoms with Crippen molar-refractivity contribution in [3.8, 4) is 0 Å². The zero-order valence-corrected chi connectivity index (χ0v) is 17.6. The number of amides is 1. The number of thiophene rings is 1. The number of nitrogens with zero attached hydrogens (tertiary/aromatic N) is 3. The molecule has 0 unspecified atom stereocenters. The summed E-state index contributed by atoms with van der Waals surface area (Å²) in [6.45, 7) is 3.28. The van der Waals surface area contributed by atoms with Crippen molar-refractivity contribution in [2.45, 2.75) is 37.6 Å². The molecule has 1 aromatic carbocycles. The third-order valence-corrected chi connectivity index (χ3v) is 8.18. The predicted octanol–water partition coefficient (Wildman–Crippen LogP) is 4.90. The largest absolute Gasteiger partial charge is 0.341 e. The second-order valence-electron chi connectivity index (χ2n) is 7.84. The second-order valence-corrected chi connectivity index (χ2v) is 9.88. The lowest BCUT2D eigenvalue weighted by atomic mass is 9.98.